The van der Waals surface area contributed by atoms with Gasteiger partial charge in [0.2, 0.25) is 0 Å². The lowest BCUT2D eigenvalue weighted by Gasteiger charge is -2.05. The minimum absolute atomic E-state index is 0.0989. The van der Waals surface area contributed by atoms with Crippen molar-refractivity contribution in [2.45, 2.75) is 0 Å². The number of phenols is 2. The van der Waals surface area contributed by atoms with Crippen molar-refractivity contribution in [3.8, 4) is 11.5 Å². The van der Waals surface area contributed by atoms with Crippen molar-refractivity contribution in [3.63, 3.8) is 0 Å². The van der Waals surface area contributed by atoms with Gasteiger partial charge in [-0.1, -0.05) is 23.7 Å². The topological polar surface area (TPSA) is 57.5 Å². The molecule has 86 valence electrons. The summed E-state index contributed by atoms with van der Waals surface area (Å²) in [6.07, 6.45) is 0. The fourth-order valence-electron chi connectivity index (χ4n) is 1.50. The van der Waals surface area contributed by atoms with Crippen molar-refractivity contribution >= 4 is 17.4 Å². The number of halogens is 1. The van der Waals surface area contributed by atoms with Crippen molar-refractivity contribution in [2.24, 2.45) is 0 Å². The number of hydrogen-bond donors (Lipinski definition) is 2. The van der Waals surface area contributed by atoms with Gasteiger partial charge >= 0.3 is 0 Å². The van der Waals surface area contributed by atoms with Crippen molar-refractivity contribution in [3.05, 3.63) is 58.6 Å². The standard InChI is InChI=1S/C13H9ClO3/c14-11-4-2-1-3-9(11)13(17)10-6-5-8(15)7-12(10)16/h1-7,15-16H. The Morgan fingerprint density at radius 2 is 1.71 bits per heavy atom. The molecule has 0 saturated carbocycles. The van der Waals surface area contributed by atoms with Crippen LogP contribution in [-0.4, -0.2) is 16.0 Å². The predicted octanol–water partition coefficient (Wildman–Crippen LogP) is 2.98. The molecule has 2 N–H and O–H groups in total. The summed E-state index contributed by atoms with van der Waals surface area (Å²) in [7, 11) is 0. The van der Waals surface area contributed by atoms with Crippen LogP contribution in [0.1, 0.15) is 15.9 Å². The fourth-order valence-corrected chi connectivity index (χ4v) is 1.72. The summed E-state index contributed by atoms with van der Waals surface area (Å²) in [5, 5.41) is 19.1. The highest BCUT2D eigenvalue weighted by Gasteiger charge is 2.16. The van der Waals surface area contributed by atoms with Gasteiger partial charge in [0, 0.05) is 11.6 Å². The largest absolute Gasteiger partial charge is 0.508 e. The lowest BCUT2D eigenvalue weighted by Crippen LogP contribution is -2.02. The molecule has 2 aromatic rings. The first kappa shape index (κ1) is 11.5. The maximum Gasteiger partial charge on any atom is 0.198 e. The molecule has 2 aromatic carbocycles. The molecule has 0 aromatic heterocycles. The number of ketones is 1. The second-order valence-corrected chi connectivity index (χ2v) is 3.92. The summed E-state index contributed by atoms with van der Waals surface area (Å²) in [4.78, 5) is 12.1. The van der Waals surface area contributed by atoms with Crippen molar-refractivity contribution < 1.29 is 15.0 Å². The Hall–Kier alpha value is -2.00. The van der Waals surface area contributed by atoms with Crippen LogP contribution in [0.15, 0.2) is 42.5 Å². The molecule has 17 heavy (non-hydrogen) atoms. The van der Waals surface area contributed by atoms with Gasteiger partial charge in [0.1, 0.15) is 11.5 Å². The van der Waals surface area contributed by atoms with Gasteiger partial charge in [0.05, 0.1) is 10.6 Å². The summed E-state index contributed by atoms with van der Waals surface area (Å²) in [6, 6.07) is 10.4. The van der Waals surface area contributed by atoms with E-state index in [4.69, 9.17) is 16.7 Å². The zero-order valence-electron chi connectivity index (χ0n) is 8.72. The van der Waals surface area contributed by atoms with Gasteiger partial charge in [-0.2, -0.15) is 0 Å². The zero-order chi connectivity index (χ0) is 12.4. The lowest BCUT2D eigenvalue weighted by atomic mass is 10.0. The van der Waals surface area contributed by atoms with Crippen LogP contribution in [-0.2, 0) is 0 Å². The van der Waals surface area contributed by atoms with E-state index >= 15 is 0 Å². The molecule has 3 nitrogen and oxygen atoms in total. The number of carbonyl (C=O) groups excluding carboxylic acids is 1. The quantitative estimate of drug-likeness (QED) is 0.804. The molecule has 0 spiro atoms. The van der Waals surface area contributed by atoms with E-state index in [2.05, 4.69) is 0 Å². The summed E-state index contributed by atoms with van der Waals surface area (Å²) in [5.41, 5.74) is 0.422. The molecule has 0 aliphatic rings. The smallest absolute Gasteiger partial charge is 0.198 e. The number of hydrogen-bond acceptors (Lipinski definition) is 3. The van der Waals surface area contributed by atoms with Crippen LogP contribution in [0.2, 0.25) is 5.02 Å². The van der Waals surface area contributed by atoms with Crippen LogP contribution in [0.25, 0.3) is 0 Å². The summed E-state index contributed by atoms with van der Waals surface area (Å²) in [5.74, 6) is -0.749. The Balaban J connectivity index is 2.48. The average Bonchev–Trinajstić information content (AvgIpc) is 2.29. The SMILES string of the molecule is O=C(c1ccc(O)cc1O)c1ccccc1Cl. The first-order valence-electron chi connectivity index (χ1n) is 4.91. The maximum atomic E-state index is 12.1. The molecule has 0 heterocycles. The highest BCUT2D eigenvalue weighted by molar-refractivity contribution is 6.35. The van der Waals surface area contributed by atoms with Crippen LogP contribution in [0, 0.1) is 0 Å². The molecule has 0 bridgehead atoms. The van der Waals surface area contributed by atoms with E-state index in [1.54, 1.807) is 24.3 Å². The molecular weight excluding hydrogens is 240 g/mol. The summed E-state index contributed by atoms with van der Waals surface area (Å²) < 4.78 is 0. The van der Waals surface area contributed by atoms with Crippen molar-refractivity contribution in [1.82, 2.24) is 0 Å². The maximum absolute atomic E-state index is 12.1. The zero-order valence-corrected chi connectivity index (χ0v) is 9.48. The van der Waals surface area contributed by atoms with Gasteiger partial charge in [-0.15, -0.1) is 0 Å². The summed E-state index contributed by atoms with van der Waals surface area (Å²) in [6.45, 7) is 0. The molecule has 0 atom stereocenters. The molecular formula is C13H9ClO3. The molecule has 4 heteroatoms. The first-order valence-corrected chi connectivity index (χ1v) is 5.28. The van der Waals surface area contributed by atoms with E-state index in [0.717, 1.165) is 6.07 Å². The van der Waals surface area contributed by atoms with Gasteiger partial charge in [-0.05, 0) is 24.3 Å². The van der Waals surface area contributed by atoms with E-state index in [-0.39, 0.29) is 22.8 Å². The number of benzene rings is 2. The number of phenolic OH excluding ortho intramolecular Hbond substituents is 2. The highest BCUT2D eigenvalue weighted by Crippen LogP contribution is 2.27. The number of rotatable bonds is 2. The minimum atomic E-state index is -0.381. The van der Waals surface area contributed by atoms with Crippen LogP contribution in [0.3, 0.4) is 0 Å². The van der Waals surface area contributed by atoms with Gasteiger partial charge in [0.25, 0.3) is 0 Å². The van der Waals surface area contributed by atoms with Crippen LogP contribution >= 0.6 is 11.6 Å². The number of carbonyl (C=O) groups is 1. The Labute approximate surface area is 103 Å². The molecule has 0 unspecified atom stereocenters. The Kier molecular flexibility index (Phi) is 3.02. The molecule has 0 aliphatic carbocycles. The van der Waals surface area contributed by atoms with E-state index in [1.165, 1.54) is 12.1 Å². The highest BCUT2D eigenvalue weighted by atomic mass is 35.5. The summed E-state index contributed by atoms with van der Waals surface area (Å²) >= 11 is 5.90. The lowest BCUT2D eigenvalue weighted by molar-refractivity contribution is 0.103. The molecule has 0 saturated heterocycles. The predicted molar refractivity (Wildman–Crippen MR) is 64.7 cm³/mol. The fraction of sp³-hybridized carbons (Fsp3) is 0. The van der Waals surface area contributed by atoms with Crippen LogP contribution < -0.4 is 0 Å². The van der Waals surface area contributed by atoms with Gasteiger partial charge in [0.15, 0.2) is 5.78 Å². The normalized spacial score (nSPS) is 10.2. The third-order valence-corrected chi connectivity index (χ3v) is 2.67. The third-order valence-electron chi connectivity index (χ3n) is 2.34. The Bertz CT molecular complexity index is 579. The average molecular weight is 249 g/mol. The van der Waals surface area contributed by atoms with E-state index in [0.29, 0.717) is 10.6 Å². The Morgan fingerprint density at radius 1 is 1.00 bits per heavy atom. The monoisotopic (exact) mass is 248 g/mol. The van der Waals surface area contributed by atoms with Crippen LogP contribution in [0.5, 0.6) is 11.5 Å². The Morgan fingerprint density at radius 3 is 2.35 bits per heavy atom. The van der Waals surface area contributed by atoms with E-state index < -0.39 is 0 Å². The second-order valence-electron chi connectivity index (χ2n) is 3.51. The van der Waals surface area contributed by atoms with E-state index in [9.17, 15) is 9.90 Å². The van der Waals surface area contributed by atoms with Gasteiger partial charge in [-0.3, -0.25) is 4.79 Å². The van der Waals surface area contributed by atoms with Crippen molar-refractivity contribution in [2.75, 3.05) is 0 Å². The number of aromatic hydroxyl groups is 2. The molecule has 0 radical (unpaired) electrons. The van der Waals surface area contributed by atoms with Gasteiger partial charge < -0.3 is 10.2 Å². The third kappa shape index (κ3) is 2.24. The van der Waals surface area contributed by atoms with Crippen molar-refractivity contribution in [1.29, 1.82) is 0 Å². The van der Waals surface area contributed by atoms with Gasteiger partial charge in [-0.25, -0.2) is 0 Å². The minimum Gasteiger partial charge on any atom is -0.508 e. The second kappa shape index (κ2) is 4.47. The van der Waals surface area contributed by atoms with E-state index in [1.807, 2.05) is 0 Å². The first-order chi connectivity index (χ1) is 8.09. The molecule has 0 amide bonds. The van der Waals surface area contributed by atoms with Crippen LogP contribution in [0.4, 0.5) is 0 Å². The molecule has 0 fully saturated rings. The molecule has 2 rings (SSSR count). The molecule has 0 aliphatic heterocycles.